The fraction of sp³-hybridized carbons (Fsp3) is 0.769. The Kier molecular flexibility index (Phi) is 5.40. The second-order valence-corrected chi connectivity index (χ2v) is 22.0. The average Bonchev–Trinajstić information content (AvgIpc) is 3.65. The molecule has 2 saturated carbocycles. The van der Waals surface area contributed by atoms with Crippen molar-refractivity contribution in [2.75, 3.05) is 0 Å². The minimum Gasteiger partial charge on any atom is -0.370 e. The second kappa shape index (κ2) is 7.57. The molecule has 2 aliphatic heterocycles. The van der Waals surface area contributed by atoms with Gasteiger partial charge in [-0.05, 0) is 61.4 Å². The topological polar surface area (TPSA) is 25.1 Å². The van der Waals surface area contributed by atoms with Crippen molar-refractivity contribution >= 4 is 26.5 Å². The van der Waals surface area contributed by atoms with Crippen LogP contribution in [-0.4, -0.2) is 40.6 Å². The summed E-state index contributed by atoms with van der Waals surface area (Å²) in [5.74, 6) is 1.72. The highest BCUT2D eigenvalue weighted by Gasteiger charge is 2.49. The maximum absolute atomic E-state index is 5.82. The van der Waals surface area contributed by atoms with Gasteiger partial charge in [0.15, 0.2) is 0 Å². The van der Waals surface area contributed by atoms with Crippen LogP contribution in [0.4, 0.5) is 0 Å². The first-order valence-electron chi connectivity index (χ1n) is 12.6. The Morgan fingerprint density at radius 1 is 0.633 bits per heavy atom. The molecule has 5 rings (SSSR count). The lowest BCUT2D eigenvalue weighted by Crippen LogP contribution is -2.51. The van der Waals surface area contributed by atoms with Gasteiger partial charge in [-0.25, -0.2) is 0 Å². The number of rotatable bonds is 6. The molecule has 8 atom stereocenters. The van der Waals surface area contributed by atoms with E-state index in [4.69, 9.17) is 9.47 Å². The molecule has 2 heterocycles. The summed E-state index contributed by atoms with van der Waals surface area (Å²) in [7, 11) is -2.97. The smallest absolute Gasteiger partial charge is 0.0844 e. The highest BCUT2D eigenvalue weighted by molar-refractivity contribution is 6.92. The monoisotopic (exact) mass is 442 g/mol. The van der Waals surface area contributed by atoms with Gasteiger partial charge in [-0.15, -0.1) is 0 Å². The largest absolute Gasteiger partial charge is 0.370 e. The number of hydrogen-bond acceptors (Lipinski definition) is 2. The van der Waals surface area contributed by atoms with Crippen LogP contribution in [0.2, 0.25) is 37.3 Å². The molecule has 4 heteroatoms. The van der Waals surface area contributed by atoms with Gasteiger partial charge < -0.3 is 9.47 Å². The molecule has 1 aromatic rings. The minimum absolute atomic E-state index is 0.600. The third-order valence-electron chi connectivity index (χ3n) is 10.2. The molecule has 166 valence electrons. The van der Waals surface area contributed by atoms with Crippen LogP contribution < -0.4 is 10.4 Å². The zero-order chi connectivity index (χ0) is 21.3. The van der Waals surface area contributed by atoms with E-state index in [1.54, 1.807) is 10.4 Å². The summed E-state index contributed by atoms with van der Waals surface area (Å²) >= 11 is 0. The molecule has 2 aliphatic carbocycles. The first-order valence-corrected chi connectivity index (χ1v) is 18.8. The molecule has 1 aromatic carbocycles. The molecule has 8 unspecified atom stereocenters. The van der Waals surface area contributed by atoms with E-state index in [1.165, 1.54) is 38.5 Å². The fourth-order valence-electron chi connectivity index (χ4n) is 6.81. The van der Waals surface area contributed by atoms with E-state index in [0.717, 1.165) is 22.9 Å². The molecule has 0 amide bonds. The maximum atomic E-state index is 5.82. The molecule has 4 aliphatic rings. The van der Waals surface area contributed by atoms with Gasteiger partial charge in [0, 0.05) is 0 Å². The zero-order valence-corrected chi connectivity index (χ0v) is 22.0. The van der Waals surface area contributed by atoms with E-state index in [0.29, 0.717) is 24.4 Å². The van der Waals surface area contributed by atoms with Gasteiger partial charge in [-0.3, -0.25) is 0 Å². The van der Waals surface area contributed by atoms with Gasteiger partial charge in [0.1, 0.15) is 0 Å². The van der Waals surface area contributed by atoms with Crippen molar-refractivity contribution < 1.29 is 9.47 Å². The third-order valence-corrected chi connectivity index (χ3v) is 19.3. The third kappa shape index (κ3) is 3.80. The molecular weight excluding hydrogens is 400 g/mol. The average molecular weight is 443 g/mol. The van der Waals surface area contributed by atoms with Crippen molar-refractivity contribution in [3.63, 3.8) is 0 Å². The van der Waals surface area contributed by atoms with Gasteiger partial charge in [-0.2, -0.15) is 0 Å². The van der Waals surface area contributed by atoms with Crippen molar-refractivity contribution in [1.82, 2.24) is 0 Å². The van der Waals surface area contributed by atoms with E-state index in [2.05, 4.69) is 64.3 Å². The van der Waals surface area contributed by atoms with E-state index in [-0.39, 0.29) is 0 Å². The Morgan fingerprint density at radius 3 is 1.33 bits per heavy atom. The highest BCUT2D eigenvalue weighted by atomic mass is 28.3. The lowest BCUT2D eigenvalue weighted by Gasteiger charge is -2.39. The van der Waals surface area contributed by atoms with Crippen LogP contribution in [0.1, 0.15) is 52.4 Å². The van der Waals surface area contributed by atoms with E-state index < -0.39 is 16.1 Å². The number of hydrogen-bond donors (Lipinski definition) is 0. The molecule has 4 fully saturated rings. The fourth-order valence-corrected chi connectivity index (χ4v) is 12.9. The molecular formula is C26H42O2Si2. The first-order chi connectivity index (χ1) is 14.2. The Hall–Kier alpha value is -0.426. The van der Waals surface area contributed by atoms with Gasteiger partial charge in [-0.1, -0.05) is 74.7 Å². The van der Waals surface area contributed by atoms with Crippen LogP contribution in [0.5, 0.6) is 0 Å². The predicted octanol–water partition coefficient (Wildman–Crippen LogP) is 5.43. The Balaban J connectivity index is 1.28. The summed E-state index contributed by atoms with van der Waals surface area (Å²) in [6.07, 6.45) is 10.4. The second-order valence-electron chi connectivity index (χ2n) is 12.2. The Morgan fingerprint density at radius 2 is 1.00 bits per heavy atom. The Labute approximate surface area is 186 Å². The summed E-state index contributed by atoms with van der Waals surface area (Å²) < 4.78 is 11.6. The van der Waals surface area contributed by atoms with Gasteiger partial charge >= 0.3 is 0 Å². The number of fused-ring (bicyclic) bond motifs is 2. The Bertz CT molecular complexity index is 709. The predicted molar refractivity (Wildman–Crippen MR) is 132 cm³/mol. The summed E-state index contributed by atoms with van der Waals surface area (Å²) in [6, 6.07) is 10.1. The summed E-state index contributed by atoms with van der Waals surface area (Å²) in [6.45, 7) is 15.5. The van der Waals surface area contributed by atoms with E-state index in [9.17, 15) is 0 Å². The maximum Gasteiger partial charge on any atom is 0.0844 e. The van der Waals surface area contributed by atoms with Crippen molar-refractivity contribution in [2.24, 2.45) is 11.8 Å². The van der Waals surface area contributed by atoms with Crippen molar-refractivity contribution in [2.45, 2.75) is 114 Å². The summed E-state index contributed by atoms with van der Waals surface area (Å²) in [5, 5.41) is 3.31. The van der Waals surface area contributed by atoms with Crippen LogP contribution >= 0.6 is 0 Å². The molecule has 0 radical (unpaired) electrons. The van der Waals surface area contributed by atoms with Gasteiger partial charge in [0.25, 0.3) is 0 Å². The van der Waals surface area contributed by atoms with Crippen LogP contribution in [0.3, 0.4) is 0 Å². The molecule has 0 aromatic heterocycles. The highest BCUT2D eigenvalue weighted by Crippen LogP contribution is 2.47. The van der Waals surface area contributed by atoms with Crippen molar-refractivity contribution in [3.8, 4) is 0 Å². The quantitative estimate of drug-likeness (QED) is 0.433. The van der Waals surface area contributed by atoms with Crippen LogP contribution in [-0.2, 0) is 9.47 Å². The molecule has 0 N–H and O–H groups in total. The van der Waals surface area contributed by atoms with Gasteiger partial charge in [0.05, 0.1) is 40.6 Å². The summed E-state index contributed by atoms with van der Waals surface area (Å²) in [4.78, 5) is 0. The molecule has 0 spiro atoms. The van der Waals surface area contributed by atoms with E-state index in [1.807, 2.05) is 0 Å². The standard InChI is InChI=1S/C26H42O2Si2/c1-17(19-7-13-23-25(15-19)27-23)29(3,4)21-9-11-22(12-10-21)30(5,6)18(2)20-8-14-24-26(16-20)28-24/h9-12,17-20,23-26H,7-8,13-16H2,1-6H3. The molecule has 2 nitrogen and oxygen atoms in total. The molecule has 2 saturated heterocycles. The normalized spacial score (nSPS) is 37.7. The number of epoxide rings is 2. The number of benzene rings is 1. The summed E-state index contributed by atoms with van der Waals surface area (Å²) in [5.41, 5.74) is 1.65. The van der Waals surface area contributed by atoms with Crippen LogP contribution in [0, 0.1) is 11.8 Å². The lowest BCUT2D eigenvalue weighted by molar-refractivity contribution is 0.355. The van der Waals surface area contributed by atoms with E-state index >= 15 is 0 Å². The van der Waals surface area contributed by atoms with Crippen molar-refractivity contribution in [1.29, 1.82) is 0 Å². The molecule has 0 bridgehead atoms. The minimum atomic E-state index is -1.48. The van der Waals surface area contributed by atoms with Gasteiger partial charge in [0.2, 0.25) is 0 Å². The van der Waals surface area contributed by atoms with Crippen molar-refractivity contribution in [3.05, 3.63) is 24.3 Å². The number of ether oxygens (including phenoxy) is 2. The zero-order valence-electron chi connectivity index (χ0n) is 20.0. The van der Waals surface area contributed by atoms with Crippen LogP contribution in [0.25, 0.3) is 0 Å². The molecule has 30 heavy (non-hydrogen) atoms. The lowest BCUT2D eigenvalue weighted by atomic mass is 9.87. The van der Waals surface area contributed by atoms with Crippen LogP contribution in [0.15, 0.2) is 24.3 Å². The SMILES string of the molecule is CC(C1CCC2OC2C1)[Si](C)(C)c1ccc([Si](C)(C)C(C)C2CCC3OC3C2)cc1. The first kappa shape index (κ1) is 21.4.